The first-order valence-electron chi connectivity index (χ1n) is 18.6. The lowest BCUT2D eigenvalue weighted by Gasteiger charge is -2.49. The van der Waals surface area contributed by atoms with E-state index in [1.165, 1.54) is 35.6 Å². The number of nitrogens with two attached hydrogens (primary N) is 3. The standard InChI is InChI=1S/C33H48F2N10OS.C3H3N3O/c1-20(23-10-7-15-42(23)2)46-27-18-26(44-16-6-8-21(12-17-44)43(3)32(34)35)40-31(41-27)29(37)24-9-4-13-33(45(24)39)14-5-11-25-28(33)22(19-36)30(38)47-25;7-3-6-1-4-5-2-6/h18,20-21,23,32H,4-17,37-39H2,1-3H3;1-3H/b29-24-;/t20-,21?,23?,33?;/m0./s1. The Labute approximate surface area is 318 Å². The maximum absolute atomic E-state index is 13.5. The van der Waals surface area contributed by atoms with E-state index in [-0.39, 0.29) is 18.2 Å². The number of aromatic nitrogens is 5. The molecule has 3 aromatic rings. The van der Waals surface area contributed by atoms with E-state index in [4.69, 9.17) is 32.0 Å². The van der Waals surface area contributed by atoms with Crippen molar-refractivity contribution in [3.63, 3.8) is 0 Å². The van der Waals surface area contributed by atoms with Gasteiger partial charge in [-0.05, 0) is 98.2 Å². The van der Waals surface area contributed by atoms with Crippen molar-refractivity contribution in [2.24, 2.45) is 11.6 Å². The van der Waals surface area contributed by atoms with Crippen LogP contribution in [0, 0.1) is 11.3 Å². The number of likely N-dealkylation sites (N-methyl/N-ethyl adjacent to an activating group) is 1. The molecule has 3 aromatic heterocycles. The fraction of sp³-hybridized carbons (Fsp3) is 0.611. The van der Waals surface area contributed by atoms with Crippen molar-refractivity contribution >= 4 is 34.3 Å². The molecule has 7 rings (SSSR count). The molecule has 0 amide bonds. The van der Waals surface area contributed by atoms with E-state index in [0.717, 1.165) is 78.9 Å². The first-order valence-corrected chi connectivity index (χ1v) is 19.4. The summed E-state index contributed by atoms with van der Waals surface area (Å²) in [6.07, 6.45) is 12.2. The van der Waals surface area contributed by atoms with Crippen molar-refractivity contribution in [3.05, 3.63) is 46.2 Å². The number of halogens is 2. The first-order chi connectivity index (χ1) is 26.0. The Kier molecular flexibility index (Phi) is 12.3. The number of thiophene rings is 1. The topological polar surface area (TPSA) is 198 Å². The summed E-state index contributed by atoms with van der Waals surface area (Å²) < 4.78 is 34.8. The van der Waals surface area contributed by atoms with E-state index in [1.807, 2.05) is 6.07 Å². The Hall–Kier alpha value is -4.44. The minimum atomic E-state index is -2.49. The number of allylic oxidation sites excluding steroid dienone is 1. The lowest BCUT2D eigenvalue weighted by Crippen LogP contribution is -2.54. The molecular weight excluding hydrogens is 717 g/mol. The molecule has 0 radical (unpaired) electrons. The number of hydrogen-bond acceptors (Lipinski definition) is 15. The Bertz CT molecular complexity index is 1830. The first kappa shape index (κ1) is 39.3. The van der Waals surface area contributed by atoms with Gasteiger partial charge < -0.3 is 26.1 Å². The van der Waals surface area contributed by atoms with Crippen molar-refractivity contribution < 1.29 is 18.3 Å². The van der Waals surface area contributed by atoms with Crippen LogP contribution in [-0.4, -0.2) is 104 Å². The van der Waals surface area contributed by atoms with Crippen molar-refractivity contribution in [1.29, 1.82) is 5.26 Å². The predicted molar refractivity (Wildman–Crippen MR) is 203 cm³/mol. The number of hydrazine groups is 1. The summed E-state index contributed by atoms with van der Waals surface area (Å²) in [5.74, 6) is 8.46. The fourth-order valence-corrected chi connectivity index (χ4v) is 9.72. The Balaban J connectivity index is 0.000000639. The van der Waals surface area contributed by atoms with Gasteiger partial charge >= 0.3 is 0 Å². The third-order valence-electron chi connectivity index (χ3n) is 11.5. The molecule has 18 heteroatoms. The van der Waals surface area contributed by atoms with E-state index in [0.29, 0.717) is 72.5 Å². The number of nitrogens with zero attached hydrogens (tertiary/aromatic N) is 10. The van der Waals surface area contributed by atoms with Gasteiger partial charge in [0.25, 0.3) is 6.55 Å². The number of nitriles is 1. The maximum atomic E-state index is 13.5. The molecule has 0 saturated carbocycles. The molecule has 6 N–H and O–H groups in total. The van der Waals surface area contributed by atoms with Gasteiger partial charge in [-0.15, -0.1) is 21.5 Å². The summed E-state index contributed by atoms with van der Waals surface area (Å²) in [7, 11) is 3.61. The summed E-state index contributed by atoms with van der Waals surface area (Å²) in [5.41, 5.74) is 15.3. The van der Waals surface area contributed by atoms with E-state index in [2.05, 4.69) is 40.0 Å². The molecule has 0 aromatic carbocycles. The average molecular weight is 768 g/mol. The van der Waals surface area contributed by atoms with Crippen molar-refractivity contribution in [1.82, 2.24) is 39.5 Å². The second kappa shape index (κ2) is 16.9. The van der Waals surface area contributed by atoms with Crippen molar-refractivity contribution in [2.75, 3.05) is 44.4 Å². The monoisotopic (exact) mass is 767 g/mol. The van der Waals surface area contributed by atoms with Gasteiger partial charge in [-0.2, -0.15) is 19.0 Å². The SMILES string of the molecule is C[C@H](Oc1cc(N2CCCC(N(C)C(F)F)CC2)nc(/C(N)=C2\CCCC3(CCCc4sc(N)c(C#N)c43)N2N)n1)C1CCCN1C.O=Cn1cnnc1. The molecule has 1 aliphatic carbocycles. The van der Waals surface area contributed by atoms with Crippen LogP contribution in [0.3, 0.4) is 0 Å². The molecule has 1 spiro atoms. The molecule has 3 saturated heterocycles. The summed E-state index contributed by atoms with van der Waals surface area (Å²) in [6, 6.07) is 4.26. The van der Waals surface area contributed by atoms with Gasteiger partial charge in [0.2, 0.25) is 12.3 Å². The van der Waals surface area contributed by atoms with Gasteiger partial charge in [0.15, 0.2) is 5.82 Å². The molecule has 3 unspecified atom stereocenters. The molecule has 3 aliphatic heterocycles. The molecule has 54 heavy (non-hydrogen) atoms. The Morgan fingerprint density at radius 3 is 2.48 bits per heavy atom. The summed E-state index contributed by atoms with van der Waals surface area (Å²) in [4.78, 5) is 26.3. The molecule has 4 aliphatic rings. The van der Waals surface area contributed by atoms with Gasteiger partial charge in [0.1, 0.15) is 35.6 Å². The zero-order chi connectivity index (χ0) is 38.6. The summed E-state index contributed by atoms with van der Waals surface area (Å²) >= 11 is 1.49. The zero-order valence-corrected chi connectivity index (χ0v) is 32.0. The molecule has 0 bridgehead atoms. The lowest BCUT2D eigenvalue weighted by atomic mass is 9.72. The summed E-state index contributed by atoms with van der Waals surface area (Å²) in [5, 5.41) is 19.1. The van der Waals surface area contributed by atoms with Gasteiger partial charge in [0.05, 0.1) is 22.5 Å². The van der Waals surface area contributed by atoms with Crippen LogP contribution in [-0.2, 0) is 16.8 Å². The van der Waals surface area contributed by atoms with Crippen molar-refractivity contribution in [3.8, 4) is 11.9 Å². The minimum Gasteiger partial charge on any atom is -0.473 e. The number of piperidine rings is 1. The second-order valence-electron chi connectivity index (χ2n) is 14.7. The largest absolute Gasteiger partial charge is 0.473 e. The molecule has 15 nitrogen and oxygen atoms in total. The quantitative estimate of drug-likeness (QED) is 0.170. The fourth-order valence-electron chi connectivity index (χ4n) is 8.57. The normalized spacial score (nSPS) is 24.8. The van der Waals surface area contributed by atoms with Gasteiger partial charge in [-0.3, -0.25) is 14.3 Å². The number of anilines is 2. The Morgan fingerprint density at radius 2 is 1.83 bits per heavy atom. The molecule has 292 valence electrons. The van der Waals surface area contributed by atoms with Crippen LogP contribution in [0.15, 0.2) is 24.4 Å². The van der Waals surface area contributed by atoms with Crippen molar-refractivity contribution in [2.45, 2.75) is 108 Å². The number of fused-ring (bicyclic) bond motifs is 2. The number of alkyl halides is 2. The van der Waals surface area contributed by atoms with Gasteiger partial charge in [0, 0.05) is 41.7 Å². The average Bonchev–Trinajstić information content (AvgIpc) is 3.88. The third-order valence-corrected chi connectivity index (χ3v) is 12.5. The number of aryl methyl sites for hydroxylation is 1. The minimum absolute atomic E-state index is 0.113. The van der Waals surface area contributed by atoms with E-state index in [9.17, 15) is 18.8 Å². The highest BCUT2D eigenvalue weighted by Crippen LogP contribution is 2.52. The smallest absolute Gasteiger partial charge is 0.294 e. The van der Waals surface area contributed by atoms with Gasteiger partial charge in [-0.1, -0.05) is 0 Å². The van der Waals surface area contributed by atoms with Crippen LogP contribution in [0.2, 0.25) is 0 Å². The second-order valence-corrected chi connectivity index (χ2v) is 15.8. The maximum Gasteiger partial charge on any atom is 0.294 e. The van der Waals surface area contributed by atoms with E-state index in [1.54, 1.807) is 5.01 Å². The number of likely N-dealkylation sites (tertiary alicyclic amines) is 1. The molecule has 3 fully saturated rings. The third kappa shape index (κ3) is 7.99. The number of rotatable bonds is 8. The molecular formula is C36H51F2N13O2S. The number of hydrogen-bond donors (Lipinski definition) is 3. The van der Waals surface area contributed by atoms with Crippen LogP contribution in [0.4, 0.5) is 19.6 Å². The van der Waals surface area contributed by atoms with Crippen LogP contribution in [0.1, 0.15) is 93.0 Å². The van der Waals surface area contributed by atoms with Crippen LogP contribution in [0.25, 0.3) is 5.70 Å². The highest BCUT2D eigenvalue weighted by Gasteiger charge is 2.47. The lowest BCUT2D eigenvalue weighted by molar-refractivity contribution is -0.0381. The van der Waals surface area contributed by atoms with Gasteiger partial charge in [-0.25, -0.2) is 15.7 Å². The van der Waals surface area contributed by atoms with Crippen LogP contribution in [0.5, 0.6) is 5.88 Å². The number of carbonyl (C=O) groups is 1. The molecule has 4 atom stereocenters. The van der Waals surface area contributed by atoms with Crippen LogP contribution >= 0.6 is 11.3 Å². The number of carbonyl (C=O) groups excluding carboxylic acids is 1. The number of nitrogen functional groups attached to an aromatic ring is 1. The molecule has 6 heterocycles. The summed E-state index contributed by atoms with van der Waals surface area (Å²) in [6.45, 7) is 1.84. The Morgan fingerprint density at radius 1 is 1.11 bits per heavy atom. The highest BCUT2D eigenvalue weighted by molar-refractivity contribution is 7.16. The highest BCUT2D eigenvalue weighted by atomic mass is 32.1. The zero-order valence-electron chi connectivity index (χ0n) is 31.2. The number of ether oxygens (including phenoxy) is 1. The van der Waals surface area contributed by atoms with E-state index < -0.39 is 12.1 Å². The van der Waals surface area contributed by atoms with Crippen LogP contribution < -0.4 is 26.9 Å². The van der Waals surface area contributed by atoms with E-state index >= 15 is 0 Å². The predicted octanol–water partition coefficient (Wildman–Crippen LogP) is 3.90.